The van der Waals surface area contributed by atoms with Crippen LogP contribution >= 0.6 is 0 Å². The molecule has 0 bridgehead atoms. The van der Waals surface area contributed by atoms with Crippen molar-refractivity contribution < 1.29 is 0 Å². The summed E-state index contributed by atoms with van der Waals surface area (Å²) >= 11 is 0. The maximum Gasteiger partial charge on any atom is -0.00167 e. The molecular weight excluding hydrogens is 180 g/mol. The lowest BCUT2D eigenvalue weighted by atomic mass is 10.0. The molecule has 0 spiro atoms. The molecule has 0 fully saturated rings. The van der Waals surface area contributed by atoms with E-state index in [1.54, 1.807) is 0 Å². The summed E-state index contributed by atoms with van der Waals surface area (Å²) in [6, 6.07) is 8.65. The Labute approximate surface area is 91.6 Å². The molecule has 0 unspecified atom stereocenters. The van der Waals surface area contributed by atoms with E-state index in [1.807, 2.05) is 6.92 Å². The first-order chi connectivity index (χ1) is 7.36. The number of fused-ring (bicyclic) bond motifs is 1. The highest BCUT2D eigenvalue weighted by Gasteiger charge is 2.18. The largest absolute Gasteiger partial charge is 0.0876 e. The van der Waals surface area contributed by atoms with Crippen LogP contribution in [-0.4, -0.2) is 0 Å². The van der Waals surface area contributed by atoms with Crippen molar-refractivity contribution in [3.8, 4) is 0 Å². The quantitative estimate of drug-likeness (QED) is 0.633. The summed E-state index contributed by atoms with van der Waals surface area (Å²) in [5, 5.41) is 0. The van der Waals surface area contributed by atoms with E-state index in [4.69, 9.17) is 0 Å². The van der Waals surface area contributed by atoms with Gasteiger partial charge in [-0.2, -0.15) is 0 Å². The van der Waals surface area contributed by atoms with Gasteiger partial charge in [-0.15, -0.1) is 0 Å². The summed E-state index contributed by atoms with van der Waals surface area (Å²) in [5.74, 6) is 0. The van der Waals surface area contributed by atoms with E-state index < -0.39 is 0 Å². The van der Waals surface area contributed by atoms with Crippen LogP contribution in [0, 0.1) is 0 Å². The number of hydrogen-bond acceptors (Lipinski definition) is 0. The van der Waals surface area contributed by atoms with Gasteiger partial charge < -0.3 is 0 Å². The Hall–Kier alpha value is -1.56. The van der Waals surface area contributed by atoms with E-state index in [1.165, 1.54) is 22.3 Å². The zero-order valence-corrected chi connectivity index (χ0v) is 9.33. The van der Waals surface area contributed by atoms with Crippen LogP contribution in [0.2, 0.25) is 0 Å². The van der Waals surface area contributed by atoms with Crippen LogP contribution in [0.15, 0.2) is 54.1 Å². The second kappa shape index (κ2) is 4.31. The zero-order valence-electron chi connectivity index (χ0n) is 9.33. The Bertz CT molecular complexity index is 445. The third-order valence-corrected chi connectivity index (χ3v) is 2.84. The Morgan fingerprint density at radius 2 is 1.93 bits per heavy atom. The van der Waals surface area contributed by atoms with Gasteiger partial charge in [0.1, 0.15) is 0 Å². The van der Waals surface area contributed by atoms with Crippen molar-refractivity contribution in [2.75, 3.05) is 0 Å². The Kier molecular flexibility index (Phi) is 2.86. The summed E-state index contributed by atoms with van der Waals surface area (Å²) in [5.41, 5.74) is 5.66. The molecule has 2 rings (SSSR count). The minimum atomic E-state index is 1.08. The van der Waals surface area contributed by atoms with Crippen molar-refractivity contribution in [1.29, 1.82) is 0 Å². The van der Waals surface area contributed by atoms with Crippen LogP contribution in [0.5, 0.6) is 0 Å². The van der Waals surface area contributed by atoms with Crippen molar-refractivity contribution in [2.45, 2.75) is 20.3 Å². The van der Waals surface area contributed by atoms with Crippen molar-refractivity contribution >= 4 is 5.57 Å². The first-order valence-electron chi connectivity index (χ1n) is 5.43. The van der Waals surface area contributed by atoms with Gasteiger partial charge in [-0.1, -0.05) is 48.6 Å². The molecule has 0 saturated carbocycles. The van der Waals surface area contributed by atoms with Gasteiger partial charge in [-0.3, -0.25) is 0 Å². The molecule has 0 heteroatoms. The highest BCUT2D eigenvalue weighted by molar-refractivity contribution is 5.86. The molecule has 0 aromatic heterocycles. The fourth-order valence-corrected chi connectivity index (χ4v) is 2.06. The minimum Gasteiger partial charge on any atom is -0.0876 e. The molecular formula is C15H16. The van der Waals surface area contributed by atoms with E-state index in [2.05, 4.69) is 55.5 Å². The van der Waals surface area contributed by atoms with Crippen molar-refractivity contribution in [2.24, 2.45) is 0 Å². The lowest BCUT2D eigenvalue weighted by molar-refractivity contribution is 1.26. The fourth-order valence-electron chi connectivity index (χ4n) is 2.06. The predicted molar refractivity (Wildman–Crippen MR) is 66.7 cm³/mol. The van der Waals surface area contributed by atoms with Crippen molar-refractivity contribution in [3.05, 3.63) is 65.3 Å². The molecule has 0 nitrogen and oxygen atoms in total. The molecule has 0 N–H and O–H groups in total. The van der Waals surface area contributed by atoms with Crippen LogP contribution < -0.4 is 0 Å². The second-order valence-electron chi connectivity index (χ2n) is 3.75. The first-order valence-corrected chi connectivity index (χ1v) is 5.43. The maximum absolute atomic E-state index is 2.22. The molecule has 1 aromatic carbocycles. The third-order valence-electron chi connectivity index (χ3n) is 2.84. The van der Waals surface area contributed by atoms with Crippen LogP contribution in [0.3, 0.4) is 0 Å². The Morgan fingerprint density at radius 3 is 2.67 bits per heavy atom. The molecule has 0 radical (unpaired) electrons. The minimum absolute atomic E-state index is 1.08. The molecule has 0 atom stereocenters. The van der Waals surface area contributed by atoms with E-state index in [9.17, 15) is 0 Å². The Morgan fingerprint density at radius 1 is 1.13 bits per heavy atom. The van der Waals surface area contributed by atoms with Crippen LogP contribution in [0.25, 0.3) is 5.57 Å². The number of allylic oxidation sites excluding steroid dienone is 6. The molecule has 76 valence electrons. The average molecular weight is 196 g/mol. The summed E-state index contributed by atoms with van der Waals surface area (Å²) < 4.78 is 0. The van der Waals surface area contributed by atoms with Crippen molar-refractivity contribution in [1.82, 2.24) is 0 Å². The first kappa shape index (κ1) is 9.97. The summed E-state index contributed by atoms with van der Waals surface area (Å²) in [4.78, 5) is 0. The Balaban J connectivity index is 2.52. The third kappa shape index (κ3) is 1.80. The van der Waals surface area contributed by atoms with E-state index in [0.29, 0.717) is 0 Å². The summed E-state index contributed by atoms with van der Waals surface area (Å²) in [7, 11) is 0. The lowest BCUT2D eigenvalue weighted by Gasteiger charge is -2.00. The lowest BCUT2D eigenvalue weighted by Crippen LogP contribution is -1.78. The molecule has 1 aliphatic rings. The van der Waals surface area contributed by atoms with Gasteiger partial charge in [0.2, 0.25) is 0 Å². The highest BCUT2D eigenvalue weighted by atomic mass is 14.2. The van der Waals surface area contributed by atoms with Crippen molar-refractivity contribution in [3.63, 3.8) is 0 Å². The fraction of sp³-hybridized carbons (Fsp3) is 0.200. The monoisotopic (exact) mass is 196 g/mol. The van der Waals surface area contributed by atoms with Gasteiger partial charge in [-0.25, -0.2) is 0 Å². The topological polar surface area (TPSA) is 0 Å². The highest BCUT2D eigenvalue weighted by Crippen LogP contribution is 2.36. The van der Waals surface area contributed by atoms with Gasteiger partial charge in [0.05, 0.1) is 0 Å². The smallest absolute Gasteiger partial charge is 0.00167 e. The van der Waals surface area contributed by atoms with Gasteiger partial charge in [-0.05, 0) is 42.5 Å². The second-order valence-corrected chi connectivity index (χ2v) is 3.75. The number of benzene rings is 1. The van der Waals surface area contributed by atoms with Gasteiger partial charge in [0.25, 0.3) is 0 Å². The molecule has 1 aliphatic carbocycles. The predicted octanol–water partition coefficient (Wildman–Crippen LogP) is 4.15. The van der Waals surface area contributed by atoms with Gasteiger partial charge in [0.15, 0.2) is 0 Å². The molecule has 15 heavy (non-hydrogen) atoms. The molecule has 0 heterocycles. The van der Waals surface area contributed by atoms with Crippen LogP contribution in [-0.2, 0) is 6.42 Å². The number of hydrogen-bond donors (Lipinski definition) is 0. The van der Waals surface area contributed by atoms with E-state index >= 15 is 0 Å². The summed E-state index contributed by atoms with van der Waals surface area (Å²) in [6.07, 6.45) is 9.69. The standard InChI is InChI=1S/C15H16/c1-3-5-9-14-12(4-2)11-13-8-6-7-10-15(13)14/h3-10H,11H2,1-2H3/b5-3-,12-4-,14-9+. The number of rotatable bonds is 1. The maximum atomic E-state index is 2.22. The summed E-state index contributed by atoms with van der Waals surface area (Å²) in [6.45, 7) is 4.16. The molecule has 0 aliphatic heterocycles. The van der Waals surface area contributed by atoms with Gasteiger partial charge >= 0.3 is 0 Å². The SMILES string of the molecule is C\C=C/C=C1\C(=C/C)Cc2ccccc21. The molecule has 1 aromatic rings. The van der Waals surface area contributed by atoms with Crippen LogP contribution in [0.4, 0.5) is 0 Å². The normalized spacial score (nSPS) is 20.4. The van der Waals surface area contributed by atoms with E-state index in [0.717, 1.165) is 6.42 Å². The van der Waals surface area contributed by atoms with Crippen LogP contribution in [0.1, 0.15) is 25.0 Å². The molecule has 0 amide bonds. The zero-order chi connectivity index (χ0) is 10.7. The average Bonchev–Trinajstić information content (AvgIpc) is 2.64. The molecule has 0 saturated heterocycles. The van der Waals surface area contributed by atoms with E-state index in [-0.39, 0.29) is 0 Å². The van der Waals surface area contributed by atoms with Gasteiger partial charge in [0, 0.05) is 0 Å².